The fourth-order valence-corrected chi connectivity index (χ4v) is 3.01. The van der Waals surface area contributed by atoms with Crippen LogP contribution in [0.15, 0.2) is 54.6 Å². The Kier molecular flexibility index (Phi) is 5.17. The quantitative estimate of drug-likeness (QED) is 0.805. The summed E-state index contributed by atoms with van der Waals surface area (Å²) in [5.74, 6) is 0.590. The first kappa shape index (κ1) is 19.3. The van der Waals surface area contributed by atoms with E-state index < -0.39 is 18.3 Å². The Bertz CT molecular complexity index is 780. The topological polar surface area (TPSA) is 79.2 Å². The van der Waals surface area contributed by atoms with Gasteiger partial charge in [-0.1, -0.05) is 42.5 Å². The molecule has 0 atom stereocenters. The summed E-state index contributed by atoms with van der Waals surface area (Å²) in [7, 11) is -1.52. The van der Waals surface area contributed by atoms with Gasteiger partial charge in [-0.2, -0.15) is 0 Å². The number of rotatable bonds is 4. The van der Waals surface area contributed by atoms with E-state index in [4.69, 9.17) is 9.47 Å². The molecule has 0 bridgehead atoms. The number of carbonyl (C=O) groups is 1. The minimum atomic E-state index is -1.52. The Morgan fingerprint density at radius 2 is 1.63 bits per heavy atom. The minimum absolute atomic E-state index is 0.364. The fraction of sp³-hybridized carbons (Fsp3) is 0.350. The molecule has 1 amide bonds. The average Bonchev–Trinajstić information content (AvgIpc) is 2.57. The van der Waals surface area contributed by atoms with Gasteiger partial charge < -0.3 is 19.5 Å². The molecule has 142 valence electrons. The summed E-state index contributed by atoms with van der Waals surface area (Å²) in [5, 5.41) is 18.5. The number of hydrogen-bond acceptors (Lipinski definition) is 5. The first-order valence-corrected chi connectivity index (χ1v) is 8.87. The fourth-order valence-electron chi connectivity index (χ4n) is 3.01. The standard InChI is InChI=1S/C20H24BNO5/c1-19(2,3)27-18(23)22-13-20(14-22,15-7-5-4-6-8-15)26-17-11-9-16(10-12-17)21(24)25/h4-12,24-25H,13-14H2,1-3H3. The van der Waals surface area contributed by atoms with Gasteiger partial charge in [-0.25, -0.2) is 4.79 Å². The first-order valence-electron chi connectivity index (χ1n) is 8.87. The second-order valence-electron chi connectivity index (χ2n) is 7.74. The van der Waals surface area contributed by atoms with Crippen molar-refractivity contribution in [3.05, 3.63) is 60.2 Å². The summed E-state index contributed by atoms with van der Waals surface area (Å²) in [4.78, 5) is 13.9. The van der Waals surface area contributed by atoms with Gasteiger partial charge in [0.1, 0.15) is 11.4 Å². The van der Waals surface area contributed by atoms with Gasteiger partial charge in [0.15, 0.2) is 5.60 Å². The molecule has 1 saturated heterocycles. The van der Waals surface area contributed by atoms with Gasteiger partial charge in [0.25, 0.3) is 0 Å². The van der Waals surface area contributed by atoms with E-state index in [1.807, 2.05) is 51.1 Å². The SMILES string of the molecule is CC(C)(C)OC(=O)N1CC(Oc2ccc(B(O)O)cc2)(c2ccccc2)C1. The molecule has 0 spiro atoms. The highest BCUT2D eigenvalue weighted by Gasteiger charge is 2.50. The molecule has 1 heterocycles. The van der Waals surface area contributed by atoms with Crippen molar-refractivity contribution in [3.63, 3.8) is 0 Å². The van der Waals surface area contributed by atoms with E-state index in [0.29, 0.717) is 24.3 Å². The van der Waals surface area contributed by atoms with Crippen LogP contribution in [0.5, 0.6) is 5.75 Å². The highest BCUT2D eigenvalue weighted by atomic mass is 16.6. The predicted molar refractivity (Wildman–Crippen MR) is 103 cm³/mol. The van der Waals surface area contributed by atoms with Crippen molar-refractivity contribution >= 4 is 18.7 Å². The molecular weight excluding hydrogens is 345 g/mol. The summed E-state index contributed by atoms with van der Waals surface area (Å²) in [6.45, 7) is 6.25. The van der Waals surface area contributed by atoms with E-state index in [-0.39, 0.29) is 6.09 Å². The molecule has 0 aliphatic carbocycles. The van der Waals surface area contributed by atoms with E-state index in [2.05, 4.69) is 0 Å². The maximum atomic E-state index is 12.3. The molecule has 27 heavy (non-hydrogen) atoms. The first-order chi connectivity index (χ1) is 12.7. The van der Waals surface area contributed by atoms with Crippen LogP contribution in [0.25, 0.3) is 0 Å². The summed E-state index contributed by atoms with van der Waals surface area (Å²) in [6, 6.07) is 16.3. The Morgan fingerprint density at radius 1 is 1.04 bits per heavy atom. The van der Waals surface area contributed by atoms with Crippen LogP contribution in [0.1, 0.15) is 26.3 Å². The number of amides is 1. The third-order valence-electron chi connectivity index (χ3n) is 4.34. The molecule has 0 saturated carbocycles. The zero-order chi connectivity index (χ0) is 19.7. The number of likely N-dealkylation sites (tertiary alicyclic amines) is 1. The maximum absolute atomic E-state index is 12.3. The van der Waals surface area contributed by atoms with E-state index in [9.17, 15) is 14.8 Å². The van der Waals surface area contributed by atoms with Crippen molar-refractivity contribution in [1.29, 1.82) is 0 Å². The Morgan fingerprint density at radius 3 is 2.15 bits per heavy atom. The van der Waals surface area contributed by atoms with Crippen molar-refractivity contribution in [3.8, 4) is 5.75 Å². The lowest BCUT2D eigenvalue weighted by molar-refractivity contribution is -0.0863. The van der Waals surface area contributed by atoms with Crippen LogP contribution in [0.4, 0.5) is 4.79 Å². The number of carbonyl (C=O) groups excluding carboxylic acids is 1. The second kappa shape index (κ2) is 7.25. The molecule has 2 N–H and O–H groups in total. The van der Waals surface area contributed by atoms with Gasteiger partial charge >= 0.3 is 13.2 Å². The van der Waals surface area contributed by atoms with Crippen molar-refractivity contribution in [2.24, 2.45) is 0 Å². The Balaban J connectivity index is 1.79. The number of ether oxygens (including phenoxy) is 2. The Labute approximate surface area is 159 Å². The zero-order valence-electron chi connectivity index (χ0n) is 15.8. The minimum Gasteiger partial charge on any atom is -0.479 e. The van der Waals surface area contributed by atoms with Crippen molar-refractivity contribution in [2.45, 2.75) is 32.0 Å². The van der Waals surface area contributed by atoms with Gasteiger partial charge in [-0.3, -0.25) is 4.90 Å². The number of hydrogen-bond donors (Lipinski definition) is 2. The molecule has 6 nitrogen and oxygen atoms in total. The van der Waals surface area contributed by atoms with E-state index in [1.54, 1.807) is 29.2 Å². The van der Waals surface area contributed by atoms with E-state index in [1.165, 1.54) is 0 Å². The van der Waals surface area contributed by atoms with Crippen molar-refractivity contribution < 1.29 is 24.3 Å². The number of nitrogens with zero attached hydrogens (tertiary/aromatic N) is 1. The van der Waals surface area contributed by atoms with Crippen LogP contribution in [0.3, 0.4) is 0 Å². The summed E-state index contributed by atoms with van der Waals surface area (Å²) >= 11 is 0. The molecule has 0 unspecified atom stereocenters. The number of benzene rings is 2. The van der Waals surface area contributed by atoms with Crippen molar-refractivity contribution in [2.75, 3.05) is 13.1 Å². The average molecular weight is 369 g/mol. The molecule has 1 aliphatic heterocycles. The second-order valence-corrected chi connectivity index (χ2v) is 7.74. The van der Waals surface area contributed by atoms with Gasteiger partial charge in [0.05, 0.1) is 13.1 Å². The van der Waals surface area contributed by atoms with Crippen LogP contribution < -0.4 is 10.2 Å². The van der Waals surface area contributed by atoms with Crippen molar-refractivity contribution in [1.82, 2.24) is 4.90 Å². The summed E-state index contributed by atoms with van der Waals surface area (Å²) in [5.41, 5.74) is 0.137. The van der Waals surface area contributed by atoms with E-state index in [0.717, 1.165) is 5.56 Å². The lowest BCUT2D eigenvalue weighted by atomic mass is 9.80. The molecule has 1 aliphatic rings. The summed E-state index contributed by atoms with van der Waals surface area (Å²) in [6.07, 6.45) is -0.364. The highest BCUT2D eigenvalue weighted by molar-refractivity contribution is 6.58. The van der Waals surface area contributed by atoms with Crippen LogP contribution in [-0.4, -0.2) is 46.9 Å². The lowest BCUT2D eigenvalue weighted by Crippen LogP contribution is -2.64. The third-order valence-corrected chi connectivity index (χ3v) is 4.34. The predicted octanol–water partition coefficient (Wildman–Crippen LogP) is 1.89. The lowest BCUT2D eigenvalue weighted by Gasteiger charge is -2.49. The molecular formula is C20H24BNO5. The molecule has 0 aromatic heterocycles. The van der Waals surface area contributed by atoms with Crippen LogP contribution in [0.2, 0.25) is 0 Å². The largest absolute Gasteiger partial charge is 0.488 e. The third kappa shape index (κ3) is 4.43. The van der Waals surface area contributed by atoms with Crippen LogP contribution >= 0.6 is 0 Å². The highest BCUT2D eigenvalue weighted by Crippen LogP contribution is 2.37. The molecule has 2 aromatic rings. The Hall–Kier alpha value is -2.51. The van der Waals surface area contributed by atoms with Crippen LogP contribution in [-0.2, 0) is 10.3 Å². The maximum Gasteiger partial charge on any atom is 0.488 e. The summed E-state index contributed by atoms with van der Waals surface area (Å²) < 4.78 is 11.7. The van der Waals surface area contributed by atoms with Gasteiger partial charge in [0.2, 0.25) is 0 Å². The van der Waals surface area contributed by atoms with Gasteiger partial charge in [-0.15, -0.1) is 0 Å². The molecule has 1 fully saturated rings. The molecule has 7 heteroatoms. The molecule has 0 radical (unpaired) electrons. The van der Waals surface area contributed by atoms with Gasteiger partial charge in [-0.05, 0) is 43.9 Å². The van der Waals surface area contributed by atoms with Gasteiger partial charge in [0, 0.05) is 0 Å². The zero-order valence-corrected chi connectivity index (χ0v) is 15.8. The molecule has 2 aromatic carbocycles. The monoisotopic (exact) mass is 369 g/mol. The normalized spacial score (nSPS) is 15.7. The smallest absolute Gasteiger partial charge is 0.479 e. The van der Waals surface area contributed by atoms with Crippen LogP contribution in [0, 0.1) is 0 Å². The van der Waals surface area contributed by atoms with E-state index >= 15 is 0 Å². The molecule has 3 rings (SSSR count).